The van der Waals surface area contributed by atoms with Gasteiger partial charge in [-0.3, -0.25) is 4.79 Å². The highest BCUT2D eigenvalue weighted by Crippen LogP contribution is 2.13. The van der Waals surface area contributed by atoms with Crippen molar-refractivity contribution in [3.63, 3.8) is 0 Å². The summed E-state index contributed by atoms with van der Waals surface area (Å²) in [7, 11) is 1.64. The molecule has 0 radical (unpaired) electrons. The van der Waals surface area contributed by atoms with Crippen molar-refractivity contribution in [2.75, 3.05) is 38.7 Å². The lowest BCUT2D eigenvalue weighted by Gasteiger charge is -2.15. The molecular weight excluding hydrogens is 244 g/mol. The van der Waals surface area contributed by atoms with Crippen LogP contribution >= 0.6 is 0 Å². The number of nitrogens with one attached hydrogen (secondary N) is 1. The Bertz CT molecular complexity index is 444. The zero-order chi connectivity index (χ0) is 13.7. The van der Waals surface area contributed by atoms with Gasteiger partial charge in [-0.25, -0.2) is 9.97 Å². The molecule has 1 aromatic heterocycles. The molecule has 6 heteroatoms. The van der Waals surface area contributed by atoms with Crippen LogP contribution in [0.5, 0.6) is 0 Å². The molecule has 104 valence electrons. The van der Waals surface area contributed by atoms with Gasteiger partial charge in [0.25, 0.3) is 5.91 Å². The van der Waals surface area contributed by atoms with Crippen LogP contribution in [0.15, 0.2) is 6.07 Å². The van der Waals surface area contributed by atoms with Crippen LogP contribution in [0.1, 0.15) is 29.0 Å². The van der Waals surface area contributed by atoms with Gasteiger partial charge in [-0.1, -0.05) is 0 Å². The Kier molecular flexibility index (Phi) is 4.68. The summed E-state index contributed by atoms with van der Waals surface area (Å²) in [6.07, 6.45) is 2.16. The van der Waals surface area contributed by atoms with E-state index in [4.69, 9.17) is 4.74 Å². The monoisotopic (exact) mass is 264 g/mol. The molecule has 1 amide bonds. The first kappa shape index (κ1) is 13.7. The number of likely N-dealkylation sites (tertiary alicyclic amines) is 1. The second kappa shape index (κ2) is 6.47. The van der Waals surface area contributed by atoms with Gasteiger partial charge in [-0.05, 0) is 25.8 Å². The van der Waals surface area contributed by atoms with Gasteiger partial charge in [0.05, 0.1) is 6.61 Å². The molecule has 6 nitrogen and oxygen atoms in total. The van der Waals surface area contributed by atoms with Crippen LogP contribution in [0, 0.1) is 6.92 Å². The second-order valence-electron chi connectivity index (χ2n) is 4.64. The molecule has 1 saturated heterocycles. The average molecular weight is 264 g/mol. The van der Waals surface area contributed by atoms with Crippen LogP contribution in [-0.2, 0) is 4.74 Å². The van der Waals surface area contributed by atoms with E-state index in [1.54, 1.807) is 13.2 Å². The fourth-order valence-electron chi connectivity index (χ4n) is 2.10. The molecule has 19 heavy (non-hydrogen) atoms. The maximum absolute atomic E-state index is 12.3. The summed E-state index contributed by atoms with van der Waals surface area (Å²) in [6, 6.07) is 1.74. The number of aromatic nitrogens is 2. The summed E-state index contributed by atoms with van der Waals surface area (Å²) in [5.74, 6) is 0.484. The standard InChI is InChI=1S/C13H20N4O2/c1-10-9-11(12(18)17-6-3-4-7-17)16-13(15-10)14-5-8-19-2/h9H,3-8H2,1-2H3,(H,14,15,16). The number of ether oxygens (including phenoxy) is 1. The Morgan fingerprint density at radius 2 is 2.16 bits per heavy atom. The molecule has 1 fully saturated rings. The van der Waals surface area contributed by atoms with Crippen LogP contribution in [0.25, 0.3) is 0 Å². The number of carbonyl (C=O) groups excluding carboxylic acids is 1. The van der Waals surface area contributed by atoms with E-state index >= 15 is 0 Å². The van der Waals surface area contributed by atoms with E-state index in [2.05, 4.69) is 15.3 Å². The number of rotatable bonds is 5. The van der Waals surface area contributed by atoms with Crippen molar-refractivity contribution in [2.24, 2.45) is 0 Å². The van der Waals surface area contributed by atoms with E-state index in [1.807, 2.05) is 11.8 Å². The first-order valence-electron chi connectivity index (χ1n) is 6.58. The Balaban J connectivity index is 2.09. The first-order chi connectivity index (χ1) is 9.20. The van der Waals surface area contributed by atoms with Crippen LogP contribution in [0.2, 0.25) is 0 Å². The van der Waals surface area contributed by atoms with Crippen molar-refractivity contribution >= 4 is 11.9 Å². The lowest BCUT2D eigenvalue weighted by Crippen LogP contribution is -2.29. The summed E-state index contributed by atoms with van der Waals surface area (Å²) in [5.41, 5.74) is 1.26. The quantitative estimate of drug-likeness (QED) is 0.806. The number of anilines is 1. The summed E-state index contributed by atoms with van der Waals surface area (Å²) >= 11 is 0. The van der Waals surface area contributed by atoms with Gasteiger partial charge in [-0.15, -0.1) is 0 Å². The third-order valence-electron chi connectivity index (χ3n) is 3.06. The maximum Gasteiger partial charge on any atom is 0.272 e. The van der Waals surface area contributed by atoms with Gasteiger partial charge >= 0.3 is 0 Å². The summed E-state index contributed by atoms with van der Waals surface area (Å²) in [6.45, 7) is 4.72. The highest BCUT2D eigenvalue weighted by atomic mass is 16.5. The minimum atomic E-state index is -0.00204. The topological polar surface area (TPSA) is 67.3 Å². The Labute approximate surface area is 113 Å². The zero-order valence-corrected chi connectivity index (χ0v) is 11.5. The van der Waals surface area contributed by atoms with Crippen molar-refractivity contribution in [2.45, 2.75) is 19.8 Å². The smallest absolute Gasteiger partial charge is 0.272 e. The molecule has 0 aliphatic carbocycles. The van der Waals surface area contributed by atoms with Crippen LogP contribution in [0.3, 0.4) is 0 Å². The maximum atomic E-state index is 12.3. The SMILES string of the molecule is COCCNc1nc(C)cc(C(=O)N2CCCC2)n1. The molecule has 1 aliphatic heterocycles. The number of aryl methyl sites for hydroxylation is 1. The molecule has 0 bridgehead atoms. The van der Waals surface area contributed by atoms with Gasteiger partial charge in [0.15, 0.2) is 0 Å². The van der Waals surface area contributed by atoms with Crippen LogP contribution < -0.4 is 5.32 Å². The lowest BCUT2D eigenvalue weighted by molar-refractivity contribution is 0.0787. The summed E-state index contributed by atoms with van der Waals surface area (Å²) in [5, 5.41) is 3.05. The highest BCUT2D eigenvalue weighted by Gasteiger charge is 2.21. The van der Waals surface area contributed by atoms with Gasteiger partial charge < -0.3 is 15.0 Å². The number of methoxy groups -OCH3 is 1. The number of hydrogen-bond acceptors (Lipinski definition) is 5. The molecular formula is C13H20N4O2. The molecule has 1 N–H and O–H groups in total. The van der Waals surface area contributed by atoms with E-state index < -0.39 is 0 Å². The first-order valence-corrected chi connectivity index (χ1v) is 6.58. The van der Waals surface area contributed by atoms with E-state index in [9.17, 15) is 4.79 Å². The normalized spacial score (nSPS) is 14.7. The number of carbonyl (C=O) groups is 1. The van der Waals surface area contributed by atoms with Crippen molar-refractivity contribution < 1.29 is 9.53 Å². The van der Waals surface area contributed by atoms with Crippen LogP contribution in [-0.4, -0.2) is 54.1 Å². The molecule has 1 aliphatic rings. The number of nitrogens with zero attached hydrogens (tertiary/aromatic N) is 3. The Morgan fingerprint density at radius 1 is 1.42 bits per heavy atom. The molecule has 0 atom stereocenters. The largest absolute Gasteiger partial charge is 0.383 e. The minimum absolute atomic E-state index is 0.00204. The molecule has 0 aromatic carbocycles. The lowest BCUT2D eigenvalue weighted by atomic mass is 10.3. The number of hydrogen-bond donors (Lipinski definition) is 1. The Morgan fingerprint density at radius 3 is 2.84 bits per heavy atom. The van der Waals surface area contributed by atoms with Gasteiger partial charge in [0, 0.05) is 32.4 Å². The van der Waals surface area contributed by atoms with Crippen molar-refractivity contribution in [1.29, 1.82) is 0 Å². The van der Waals surface area contributed by atoms with E-state index in [0.717, 1.165) is 31.6 Å². The van der Waals surface area contributed by atoms with Gasteiger partial charge in [0.1, 0.15) is 5.69 Å². The van der Waals surface area contributed by atoms with E-state index in [-0.39, 0.29) is 5.91 Å². The van der Waals surface area contributed by atoms with Gasteiger partial charge in [0.2, 0.25) is 5.95 Å². The van der Waals surface area contributed by atoms with E-state index in [0.29, 0.717) is 24.8 Å². The molecule has 0 saturated carbocycles. The highest BCUT2D eigenvalue weighted by molar-refractivity contribution is 5.92. The third-order valence-corrected chi connectivity index (χ3v) is 3.06. The number of amides is 1. The van der Waals surface area contributed by atoms with Gasteiger partial charge in [-0.2, -0.15) is 0 Å². The van der Waals surface area contributed by atoms with E-state index in [1.165, 1.54) is 0 Å². The summed E-state index contributed by atoms with van der Waals surface area (Å²) in [4.78, 5) is 22.7. The predicted molar refractivity (Wildman–Crippen MR) is 72.3 cm³/mol. The average Bonchev–Trinajstić information content (AvgIpc) is 2.91. The zero-order valence-electron chi connectivity index (χ0n) is 11.5. The minimum Gasteiger partial charge on any atom is -0.383 e. The molecule has 2 rings (SSSR count). The molecule has 0 unspecified atom stereocenters. The molecule has 0 spiro atoms. The molecule has 2 heterocycles. The Hall–Kier alpha value is -1.69. The van der Waals surface area contributed by atoms with Crippen molar-refractivity contribution in [1.82, 2.24) is 14.9 Å². The van der Waals surface area contributed by atoms with Crippen molar-refractivity contribution in [3.8, 4) is 0 Å². The summed E-state index contributed by atoms with van der Waals surface area (Å²) < 4.78 is 4.96. The van der Waals surface area contributed by atoms with Crippen LogP contribution in [0.4, 0.5) is 5.95 Å². The second-order valence-corrected chi connectivity index (χ2v) is 4.64. The fourth-order valence-corrected chi connectivity index (χ4v) is 2.10. The fraction of sp³-hybridized carbons (Fsp3) is 0.615. The van der Waals surface area contributed by atoms with Crippen molar-refractivity contribution in [3.05, 3.63) is 17.5 Å². The predicted octanol–water partition coefficient (Wildman–Crippen LogP) is 1.08. The third kappa shape index (κ3) is 3.64. The molecule has 1 aromatic rings.